The van der Waals surface area contributed by atoms with E-state index < -0.39 is 5.91 Å². The Labute approximate surface area is 214 Å². The van der Waals surface area contributed by atoms with Crippen molar-refractivity contribution in [2.45, 2.75) is 6.54 Å². The number of anilines is 1. The van der Waals surface area contributed by atoms with Gasteiger partial charge in [-0.25, -0.2) is 0 Å². The van der Waals surface area contributed by atoms with Gasteiger partial charge in [0.25, 0.3) is 11.8 Å². The standard InChI is InChI=1S/C29H24ClN3O3/c30-23-12-16-25(17-13-23)36-24-14-10-20(11-15-24)18-27(33-28(34)21-6-2-1-3-7-21)29(35)32-19-22-8-4-5-9-26(22)31/h1-18H,19,31H2,(H,32,35)(H,33,34)/b27-18-. The first-order chi connectivity index (χ1) is 17.5. The van der Waals surface area contributed by atoms with Gasteiger partial charge < -0.3 is 21.1 Å². The summed E-state index contributed by atoms with van der Waals surface area (Å²) in [7, 11) is 0. The van der Waals surface area contributed by atoms with Gasteiger partial charge in [0.15, 0.2) is 0 Å². The number of rotatable bonds is 8. The van der Waals surface area contributed by atoms with Crippen molar-refractivity contribution in [3.8, 4) is 11.5 Å². The minimum atomic E-state index is -0.441. The van der Waals surface area contributed by atoms with E-state index in [9.17, 15) is 9.59 Å². The van der Waals surface area contributed by atoms with E-state index in [1.165, 1.54) is 0 Å². The molecular weight excluding hydrogens is 474 g/mol. The van der Waals surface area contributed by atoms with Gasteiger partial charge >= 0.3 is 0 Å². The number of hydrogen-bond donors (Lipinski definition) is 3. The third kappa shape index (κ3) is 6.74. The van der Waals surface area contributed by atoms with Crippen molar-refractivity contribution < 1.29 is 14.3 Å². The zero-order valence-electron chi connectivity index (χ0n) is 19.3. The Morgan fingerprint density at radius 3 is 2.08 bits per heavy atom. The van der Waals surface area contributed by atoms with Crippen molar-refractivity contribution in [3.05, 3.63) is 131 Å². The second-order valence-corrected chi connectivity index (χ2v) is 8.32. The molecule has 0 radical (unpaired) electrons. The summed E-state index contributed by atoms with van der Waals surface area (Å²) in [6.45, 7) is 0.220. The van der Waals surface area contributed by atoms with Crippen LogP contribution in [-0.4, -0.2) is 11.8 Å². The van der Waals surface area contributed by atoms with Crippen LogP contribution in [0.15, 0.2) is 109 Å². The van der Waals surface area contributed by atoms with Crippen LogP contribution in [0.1, 0.15) is 21.5 Å². The lowest BCUT2D eigenvalue weighted by Gasteiger charge is -2.12. The summed E-state index contributed by atoms with van der Waals surface area (Å²) in [5, 5.41) is 6.18. The third-order valence-corrected chi connectivity index (χ3v) is 5.52. The van der Waals surface area contributed by atoms with E-state index >= 15 is 0 Å². The highest BCUT2D eigenvalue weighted by atomic mass is 35.5. The van der Waals surface area contributed by atoms with Crippen LogP contribution in [0.5, 0.6) is 11.5 Å². The average molecular weight is 498 g/mol. The van der Waals surface area contributed by atoms with Crippen LogP contribution in [0.3, 0.4) is 0 Å². The Hall–Kier alpha value is -4.55. The molecule has 36 heavy (non-hydrogen) atoms. The van der Waals surface area contributed by atoms with Gasteiger partial charge in [0.1, 0.15) is 17.2 Å². The number of carbonyl (C=O) groups excluding carboxylic acids is 2. The Morgan fingerprint density at radius 2 is 1.42 bits per heavy atom. The molecule has 2 amide bonds. The second kappa shape index (κ2) is 11.7. The van der Waals surface area contributed by atoms with Gasteiger partial charge in [0, 0.05) is 22.8 Å². The predicted octanol–water partition coefficient (Wildman–Crippen LogP) is 5.80. The maximum atomic E-state index is 13.1. The first kappa shape index (κ1) is 24.6. The van der Waals surface area contributed by atoms with Crippen molar-refractivity contribution in [1.29, 1.82) is 0 Å². The van der Waals surface area contributed by atoms with Crippen LogP contribution < -0.4 is 21.1 Å². The highest BCUT2D eigenvalue weighted by molar-refractivity contribution is 6.30. The summed E-state index contributed by atoms with van der Waals surface area (Å²) >= 11 is 5.92. The molecule has 7 heteroatoms. The van der Waals surface area contributed by atoms with E-state index in [0.717, 1.165) is 5.56 Å². The fourth-order valence-electron chi connectivity index (χ4n) is 3.35. The Morgan fingerprint density at radius 1 is 0.806 bits per heavy atom. The van der Waals surface area contributed by atoms with Gasteiger partial charge in [-0.15, -0.1) is 0 Å². The summed E-state index contributed by atoms with van der Waals surface area (Å²) in [4.78, 5) is 25.8. The molecule has 0 atom stereocenters. The van der Waals surface area contributed by atoms with Crippen LogP contribution in [-0.2, 0) is 11.3 Å². The Bertz CT molecular complexity index is 1370. The molecule has 0 unspecified atom stereocenters. The molecule has 0 fully saturated rings. The number of hydrogen-bond acceptors (Lipinski definition) is 4. The molecule has 6 nitrogen and oxygen atoms in total. The summed E-state index contributed by atoms with van der Waals surface area (Å²) in [6, 6.07) is 30.2. The number of para-hydroxylation sites is 1. The summed E-state index contributed by atoms with van der Waals surface area (Å²) in [5.41, 5.74) is 8.59. The van der Waals surface area contributed by atoms with E-state index in [0.29, 0.717) is 33.3 Å². The molecule has 0 saturated heterocycles. The molecule has 0 heterocycles. The predicted molar refractivity (Wildman–Crippen MR) is 143 cm³/mol. The van der Waals surface area contributed by atoms with E-state index in [1.807, 2.05) is 24.3 Å². The van der Waals surface area contributed by atoms with Crippen LogP contribution in [0.2, 0.25) is 5.02 Å². The monoisotopic (exact) mass is 497 g/mol. The third-order valence-electron chi connectivity index (χ3n) is 5.26. The molecule has 4 rings (SSSR count). The normalized spacial score (nSPS) is 11.0. The lowest BCUT2D eigenvalue weighted by atomic mass is 10.1. The van der Waals surface area contributed by atoms with Gasteiger partial charge in [-0.2, -0.15) is 0 Å². The first-order valence-corrected chi connectivity index (χ1v) is 11.6. The number of nitrogens with one attached hydrogen (secondary N) is 2. The maximum Gasteiger partial charge on any atom is 0.268 e. The topological polar surface area (TPSA) is 93.4 Å². The number of nitrogen functional groups attached to an aromatic ring is 1. The maximum absolute atomic E-state index is 13.1. The zero-order valence-corrected chi connectivity index (χ0v) is 20.0. The number of nitrogens with two attached hydrogens (primary N) is 1. The van der Waals surface area contributed by atoms with E-state index in [4.69, 9.17) is 22.1 Å². The van der Waals surface area contributed by atoms with Crippen molar-refractivity contribution in [2.24, 2.45) is 0 Å². The molecular formula is C29H24ClN3O3. The van der Waals surface area contributed by atoms with Gasteiger partial charge in [0.05, 0.1) is 0 Å². The van der Waals surface area contributed by atoms with Crippen molar-refractivity contribution in [3.63, 3.8) is 0 Å². The number of carbonyl (C=O) groups is 2. The molecule has 0 aliphatic carbocycles. The first-order valence-electron chi connectivity index (χ1n) is 11.2. The number of benzene rings is 4. The molecule has 0 aliphatic heterocycles. The highest BCUT2D eigenvalue weighted by Gasteiger charge is 2.15. The summed E-state index contributed by atoms with van der Waals surface area (Å²) in [5.74, 6) is 0.439. The fraction of sp³-hybridized carbons (Fsp3) is 0.0345. The molecule has 4 N–H and O–H groups in total. The van der Waals surface area contributed by atoms with Crippen LogP contribution in [0.25, 0.3) is 6.08 Å². The number of halogens is 1. The smallest absolute Gasteiger partial charge is 0.268 e. The SMILES string of the molecule is Nc1ccccc1CNC(=O)/C(=C/c1ccc(Oc2ccc(Cl)cc2)cc1)NC(=O)c1ccccc1. The largest absolute Gasteiger partial charge is 0.457 e. The van der Waals surface area contributed by atoms with E-state index in [-0.39, 0.29) is 18.1 Å². The average Bonchev–Trinajstić information content (AvgIpc) is 2.90. The molecule has 0 bridgehead atoms. The Kier molecular flexibility index (Phi) is 8.01. The summed E-state index contributed by atoms with van der Waals surface area (Å²) in [6.07, 6.45) is 1.61. The number of ether oxygens (including phenoxy) is 1. The zero-order chi connectivity index (χ0) is 25.3. The van der Waals surface area contributed by atoms with Crippen LogP contribution in [0, 0.1) is 0 Å². The van der Waals surface area contributed by atoms with Gasteiger partial charge in [-0.1, -0.05) is 60.1 Å². The Balaban J connectivity index is 1.53. The second-order valence-electron chi connectivity index (χ2n) is 7.88. The lowest BCUT2D eigenvalue weighted by molar-refractivity contribution is -0.117. The van der Waals surface area contributed by atoms with Crippen molar-refractivity contribution in [1.82, 2.24) is 10.6 Å². The van der Waals surface area contributed by atoms with Crippen molar-refractivity contribution >= 4 is 35.2 Å². The highest BCUT2D eigenvalue weighted by Crippen LogP contribution is 2.24. The quantitative estimate of drug-likeness (QED) is 0.212. The molecule has 0 spiro atoms. The molecule has 4 aromatic rings. The van der Waals surface area contributed by atoms with E-state index in [1.54, 1.807) is 84.9 Å². The van der Waals surface area contributed by atoms with Gasteiger partial charge in [-0.3, -0.25) is 9.59 Å². The van der Waals surface area contributed by atoms with Gasteiger partial charge in [0.2, 0.25) is 0 Å². The molecule has 4 aromatic carbocycles. The molecule has 0 saturated carbocycles. The van der Waals surface area contributed by atoms with Gasteiger partial charge in [-0.05, 0) is 71.8 Å². The minimum absolute atomic E-state index is 0.102. The minimum Gasteiger partial charge on any atom is -0.457 e. The lowest BCUT2D eigenvalue weighted by Crippen LogP contribution is -2.34. The summed E-state index contributed by atoms with van der Waals surface area (Å²) < 4.78 is 5.82. The fourth-order valence-corrected chi connectivity index (χ4v) is 3.47. The number of amides is 2. The van der Waals surface area contributed by atoms with Crippen molar-refractivity contribution in [2.75, 3.05) is 5.73 Å². The molecule has 180 valence electrons. The van der Waals surface area contributed by atoms with Crippen LogP contribution in [0.4, 0.5) is 5.69 Å². The van der Waals surface area contributed by atoms with E-state index in [2.05, 4.69) is 10.6 Å². The molecule has 0 aliphatic rings. The van der Waals surface area contributed by atoms with Crippen LogP contribution >= 0.6 is 11.6 Å². The molecule has 0 aromatic heterocycles.